The Balaban J connectivity index is 1.53. The quantitative estimate of drug-likeness (QED) is 0.258. The molecule has 0 saturated carbocycles. The number of thioether (sulfide) groups is 1. The van der Waals surface area contributed by atoms with Gasteiger partial charge in [0.2, 0.25) is 5.91 Å². The predicted octanol–water partition coefficient (Wildman–Crippen LogP) is 4.53. The first kappa shape index (κ1) is 20.5. The number of aryl methyl sites for hydroxylation is 3. The molecule has 1 aliphatic rings. The van der Waals surface area contributed by atoms with Gasteiger partial charge in [-0.15, -0.1) is 11.3 Å². The second-order valence-corrected chi connectivity index (χ2v) is 8.99. The van der Waals surface area contributed by atoms with Crippen LogP contribution in [0.25, 0.3) is 10.2 Å². The average molecular weight is 445 g/mol. The monoisotopic (exact) mass is 444 g/mol. The summed E-state index contributed by atoms with van der Waals surface area (Å²) in [5, 5.41) is 15.6. The summed E-state index contributed by atoms with van der Waals surface area (Å²) in [6, 6.07) is 4.10. The summed E-state index contributed by atoms with van der Waals surface area (Å²) in [6.45, 7) is 1.87. The van der Waals surface area contributed by atoms with E-state index in [1.165, 1.54) is 53.9 Å². The molecule has 0 saturated heterocycles. The van der Waals surface area contributed by atoms with Gasteiger partial charge >= 0.3 is 0 Å². The number of amides is 1. The van der Waals surface area contributed by atoms with E-state index in [2.05, 4.69) is 15.3 Å². The van der Waals surface area contributed by atoms with Gasteiger partial charge in [-0.3, -0.25) is 14.9 Å². The Morgan fingerprint density at radius 2 is 2.13 bits per heavy atom. The fourth-order valence-electron chi connectivity index (χ4n) is 3.55. The number of ether oxygens (including phenoxy) is 1. The summed E-state index contributed by atoms with van der Waals surface area (Å²) in [5.74, 6) is 0.868. The lowest BCUT2D eigenvalue weighted by atomic mass is 9.97. The highest BCUT2D eigenvalue weighted by atomic mass is 32.2. The summed E-state index contributed by atoms with van der Waals surface area (Å²) < 4.78 is 5.18. The predicted molar refractivity (Wildman–Crippen MR) is 118 cm³/mol. The van der Waals surface area contributed by atoms with E-state index < -0.39 is 4.92 Å². The number of nitrogens with one attached hydrogen (secondary N) is 1. The van der Waals surface area contributed by atoms with Crippen molar-refractivity contribution in [3.05, 3.63) is 44.6 Å². The molecule has 1 aliphatic carbocycles. The number of methoxy groups -OCH3 is 1. The first-order valence-corrected chi connectivity index (χ1v) is 11.3. The van der Waals surface area contributed by atoms with Crippen molar-refractivity contribution in [3.8, 4) is 5.75 Å². The maximum Gasteiger partial charge on any atom is 0.273 e. The van der Waals surface area contributed by atoms with Crippen molar-refractivity contribution < 1.29 is 14.5 Å². The van der Waals surface area contributed by atoms with Crippen molar-refractivity contribution in [1.82, 2.24) is 9.97 Å². The molecule has 0 fully saturated rings. The highest BCUT2D eigenvalue weighted by Gasteiger charge is 2.21. The van der Waals surface area contributed by atoms with Gasteiger partial charge in [0.1, 0.15) is 21.4 Å². The van der Waals surface area contributed by atoms with Crippen LogP contribution in [0.4, 0.5) is 11.4 Å². The minimum absolute atomic E-state index is 0.0969. The van der Waals surface area contributed by atoms with Gasteiger partial charge in [0.05, 0.1) is 29.5 Å². The second-order valence-electron chi connectivity index (χ2n) is 6.95. The number of nitrogens with zero attached hydrogens (tertiary/aromatic N) is 3. The second kappa shape index (κ2) is 8.57. The fourth-order valence-corrected chi connectivity index (χ4v) is 5.82. The molecule has 2 aromatic heterocycles. The van der Waals surface area contributed by atoms with Gasteiger partial charge in [0.15, 0.2) is 0 Å². The van der Waals surface area contributed by atoms with Crippen LogP contribution in [0.15, 0.2) is 23.2 Å². The maximum absolute atomic E-state index is 12.6. The lowest BCUT2D eigenvalue weighted by molar-refractivity contribution is -0.384. The molecule has 0 spiro atoms. The van der Waals surface area contributed by atoms with E-state index in [-0.39, 0.29) is 23.1 Å². The van der Waals surface area contributed by atoms with Crippen molar-refractivity contribution >= 4 is 50.6 Å². The summed E-state index contributed by atoms with van der Waals surface area (Å²) in [4.78, 5) is 34.6. The van der Waals surface area contributed by atoms with Crippen LogP contribution in [0.1, 0.15) is 29.1 Å². The number of anilines is 1. The van der Waals surface area contributed by atoms with Crippen LogP contribution in [-0.4, -0.2) is 33.7 Å². The Bertz CT molecular complexity index is 1150. The van der Waals surface area contributed by atoms with E-state index in [1.54, 1.807) is 11.3 Å². The number of rotatable bonds is 6. The molecule has 0 atom stereocenters. The molecular formula is C20H20N4O4S2. The number of non-ortho nitro benzene ring substituents is 1. The number of benzene rings is 1. The van der Waals surface area contributed by atoms with E-state index >= 15 is 0 Å². The van der Waals surface area contributed by atoms with E-state index in [4.69, 9.17) is 4.74 Å². The van der Waals surface area contributed by atoms with Gasteiger partial charge in [0.25, 0.3) is 5.69 Å². The normalized spacial score (nSPS) is 13.1. The number of carbonyl (C=O) groups excluding carboxylic acids is 1. The van der Waals surface area contributed by atoms with Crippen molar-refractivity contribution in [1.29, 1.82) is 0 Å². The highest BCUT2D eigenvalue weighted by molar-refractivity contribution is 8.00. The Hall–Kier alpha value is -2.72. The van der Waals surface area contributed by atoms with Crippen LogP contribution in [0.3, 0.4) is 0 Å². The molecule has 8 nitrogen and oxygen atoms in total. The Morgan fingerprint density at radius 3 is 2.90 bits per heavy atom. The largest absolute Gasteiger partial charge is 0.494 e. The van der Waals surface area contributed by atoms with Crippen molar-refractivity contribution in [3.63, 3.8) is 0 Å². The summed E-state index contributed by atoms with van der Waals surface area (Å²) in [5.41, 5.74) is 1.63. The molecule has 2 heterocycles. The third kappa shape index (κ3) is 4.10. The van der Waals surface area contributed by atoms with Crippen LogP contribution in [0.5, 0.6) is 5.75 Å². The van der Waals surface area contributed by atoms with Crippen LogP contribution in [-0.2, 0) is 17.6 Å². The van der Waals surface area contributed by atoms with E-state index in [9.17, 15) is 14.9 Å². The molecular weight excluding hydrogens is 424 g/mol. The third-order valence-corrected chi connectivity index (χ3v) is 7.06. The molecule has 3 aromatic rings. The molecule has 0 aliphatic heterocycles. The first-order valence-electron chi connectivity index (χ1n) is 9.50. The standard InChI is InChI=1S/C20H20N4O4S2/c1-11-21-19(18-13-5-3-4-6-16(13)30-20(18)22-11)29-10-17(25)23-14-8-7-12(24(26)27)9-15(14)28-2/h7-9H,3-6,10H2,1-2H3,(H,23,25). The van der Waals surface area contributed by atoms with Crippen molar-refractivity contribution in [2.24, 2.45) is 0 Å². The topological polar surface area (TPSA) is 107 Å². The number of nitro groups is 1. The minimum Gasteiger partial charge on any atom is -0.494 e. The average Bonchev–Trinajstić information content (AvgIpc) is 3.10. The van der Waals surface area contributed by atoms with Crippen molar-refractivity contribution in [2.75, 3.05) is 18.2 Å². The minimum atomic E-state index is -0.506. The molecule has 4 rings (SSSR count). The molecule has 0 bridgehead atoms. The zero-order valence-corrected chi connectivity index (χ0v) is 18.2. The Labute approximate surface area is 181 Å². The van der Waals surface area contributed by atoms with E-state index in [1.807, 2.05) is 6.92 Å². The zero-order valence-electron chi connectivity index (χ0n) is 16.6. The van der Waals surface area contributed by atoms with Gasteiger partial charge in [-0.05, 0) is 44.2 Å². The molecule has 1 aromatic carbocycles. The fraction of sp³-hybridized carbons (Fsp3) is 0.350. The van der Waals surface area contributed by atoms with E-state index in [0.717, 1.165) is 34.5 Å². The van der Waals surface area contributed by atoms with Crippen LogP contribution >= 0.6 is 23.1 Å². The van der Waals surface area contributed by atoms with Crippen molar-refractivity contribution in [2.45, 2.75) is 37.6 Å². The SMILES string of the molecule is COc1cc([N+](=O)[O-])ccc1NC(=O)CSc1nc(C)nc2sc3c(c12)CCCC3. The van der Waals surface area contributed by atoms with Crippen LogP contribution in [0.2, 0.25) is 0 Å². The Morgan fingerprint density at radius 1 is 1.33 bits per heavy atom. The number of thiophene rings is 1. The lowest BCUT2D eigenvalue weighted by Crippen LogP contribution is -2.15. The van der Waals surface area contributed by atoms with Crippen LogP contribution in [0, 0.1) is 17.0 Å². The zero-order chi connectivity index (χ0) is 21.3. The number of fused-ring (bicyclic) bond motifs is 3. The number of aromatic nitrogens is 2. The number of carbonyl (C=O) groups is 1. The number of hydrogen-bond acceptors (Lipinski definition) is 8. The third-order valence-electron chi connectivity index (χ3n) is 4.90. The Kier molecular flexibility index (Phi) is 5.87. The van der Waals surface area contributed by atoms with Gasteiger partial charge in [-0.2, -0.15) is 0 Å². The molecule has 1 amide bonds. The molecule has 0 unspecified atom stereocenters. The number of nitro benzene ring substituents is 1. The molecule has 0 radical (unpaired) electrons. The van der Waals surface area contributed by atoms with Gasteiger partial charge in [0, 0.05) is 16.3 Å². The molecule has 1 N–H and O–H groups in total. The first-order chi connectivity index (χ1) is 14.5. The molecule has 10 heteroatoms. The van der Waals surface area contributed by atoms with Gasteiger partial charge in [-0.1, -0.05) is 11.8 Å². The summed E-state index contributed by atoms with van der Waals surface area (Å²) >= 11 is 3.12. The van der Waals surface area contributed by atoms with E-state index in [0.29, 0.717) is 11.5 Å². The smallest absolute Gasteiger partial charge is 0.273 e. The maximum atomic E-state index is 12.6. The number of hydrogen-bond donors (Lipinski definition) is 1. The molecule has 156 valence electrons. The summed E-state index contributed by atoms with van der Waals surface area (Å²) in [7, 11) is 1.41. The molecule has 30 heavy (non-hydrogen) atoms. The van der Waals surface area contributed by atoms with Crippen LogP contribution < -0.4 is 10.1 Å². The summed E-state index contributed by atoms with van der Waals surface area (Å²) in [6.07, 6.45) is 4.48. The highest BCUT2D eigenvalue weighted by Crippen LogP contribution is 2.39. The van der Waals surface area contributed by atoms with Gasteiger partial charge in [-0.25, -0.2) is 9.97 Å². The lowest BCUT2D eigenvalue weighted by Gasteiger charge is -2.12. The van der Waals surface area contributed by atoms with Gasteiger partial charge < -0.3 is 10.1 Å².